The number of carbonyl (C=O) groups excluding carboxylic acids is 1. The summed E-state index contributed by atoms with van der Waals surface area (Å²) >= 11 is 6.32. The number of amides is 1. The number of aromatic nitrogens is 1. The molecule has 0 spiro atoms. The lowest BCUT2D eigenvalue weighted by molar-refractivity contribution is -0.137. The van der Waals surface area contributed by atoms with E-state index in [1.165, 1.54) is 12.0 Å². The van der Waals surface area contributed by atoms with Gasteiger partial charge in [0, 0.05) is 30.2 Å². The van der Waals surface area contributed by atoms with Crippen molar-refractivity contribution in [1.82, 2.24) is 5.16 Å². The molecule has 0 aliphatic heterocycles. The molecule has 0 unspecified atom stereocenters. The van der Waals surface area contributed by atoms with Crippen LogP contribution in [0, 0.1) is 24.2 Å². The largest absolute Gasteiger partial charge is 0.481 e. The lowest BCUT2D eigenvalue weighted by atomic mass is 9.67. The highest BCUT2D eigenvalue weighted by molar-refractivity contribution is 6.33. The lowest BCUT2D eigenvalue weighted by Crippen LogP contribution is -2.27. The second-order valence-electron chi connectivity index (χ2n) is 11.8. The van der Waals surface area contributed by atoms with Gasteiger partial charge < -0.3 is 14.9 Å². The van der Waals surface area contributed by atoms with Crippen LogP contribution in [0.1, 0.15) is 100 Å². The summed E-state index contributed by atoms with van der Waals surface area (Å²) in [5.41, 5.74) is 3.87. The number of carboxylic acids is 1. The second kappa shape index (κ2) is 10.3. The fourth-order valence-corrected chi connectivity index (χ4v) is 5.67. The third-order valence-corrected chi connectivity index (χ3v) is 7.54. The van der Waals surface area contributed by atoms with Crippen LogP contribution in [0.5, 0.6) is 0 Å². The topological polar surface area (TPSA) is 92.4 Å². The molecule has 1 atom stereocenters. The number of anilines is 1. The molecule has 2 aliphatic carbocycles. The smallest absolute Gasteiger partial charge is 0.303 e. The predicted molar refractivity (Wildman–Crippen MR) is 137 cm³/mol. The van der Waals surface area contributed by atoms with E-state index in [9.17, 15) is 14.7 Å². The number of nitrogens with zero attached hydrogens (tertiary/aromatic N) is 1. The van der Waals surface area contributed by atoms with Gasteiger partial charge in [-0.15, -0.1) is 0 Å². The molecule has 2 N–H and O–H groups in total. The van der Waals surface area contributed by atoms with E-state index in [1.807, 2.05) is 13.0 Å². The van der Waals surface area contributed by atoms with Crippen LogP contribution in [0.15, 0.2) is 22.7 Å². The summed E-state index contributed by atoms with van der Waals surface area (Å²) in [7, 11) is 0. The van der Waals surface area contributed by atoms with Crippen LogP contribution in [0.3, 0.4) is 0 Å². The maximum atomic E-state index is 13.2. The van der Waals surface area contributed by atoms with Crippen molar-refractivity contribution in [2.24, 2.45) is 17.3 Å². The van der Waals surface area contributed by atoms with Crippen LogP contribution in [0.4, 0.5) is 5.69 Å². The van der Waals surface area contributed by atoms with E-state index in [-0.39, 0.29) is 18.7 Å². The fraction of sp³-hybridized carbons (Fsp3) is 0.607. The molecule has 2 saturated carbocycles. The Morgan fingerprint density at radius 3 is 2.54 bits per heavy atom. The molecule has 2 aromatic rings. The Morgan fingerprint density at radius 1 is 1.23 bits per heavy atom. The molecule has 1 amide bonds. The average Bonchev–Trinajstić information content (AvgIpc) is 3.49. The molecule has 2 aliphatic rings. The number of aryl methyl sites for hydroxylation is 1. The van der Waals surface area contributed by atoms with E-state index < -0.39 is 11.9 Å². The summed E-state index contributed by atoms with van der Waals surface area (Å²) in [6, 6.07) is 5.46. The van der Waals surface area contributed by atoms with Crippen LogP contribution in [0.25, 0.3) is 0 Å². The molecule has 0 radical (unpaired) electrons. The third-order valence-electron chi connectivity index (χ3n) is 7.22. The van der Waals surface area contributed by atoms with Crippen molar-refractivity contribution in [3.8, 4) is 0 Å². The Balaban J connectivity index is 1.50. The van der Waals surface area contributed by atoms with Crippen molar-refractivity contribution in [2.45, 2.75) is 90.9 Å². The number of aliphatic carboxylic acids is 1. The van der Waals surface area contributed by atoms with Gasteiger partial charge in [-0.05, 0) is 80.4 Å². The maximum absolute atomic E-state index is 13.2. The van der Waals surface area contributed by atoms with E-state index in [0.717, 1.165) is 42.7 Å². The molecule has 2 fully saturated rings. The van der Waals surface area contributed by atoms with Gasteiger partial charge in [-0.1, -0.05) is 43.6 Å². The summed E-state index contributed by atoms with van der Waals surface area (Å²) in [5, 5.41) is 17.1. The van der Waals surface area contributed by atoms with E-state index in [2.05, 4.69) is 31.2 Å². The molecule has 35 heavy (non-hydrogen) atoms. The molecular weight excluding hydrogens is 464 g/mol. The summed E-state index contributed by atoms with van der Waals surface area (Å²) < 4.78 is 5.92. The molecule has 6 nitrogen and oxygen atoms in total. The van der Waals surface area contributed by atoms with Crippen molar-refractivity contribution in [2.75, 3.05) is 5.32 Å². The Bertz CT molecular complexity index is 1080. The first kappa shape index (κ1) is 25.7. The minimum absolute atomic E-state index is 0.0830. The SMILES string of the molecule is Cc1ccc(NC(=O)[C@@H](CCC(=O)O)Cc2noc([C@H]3C[C@@H](CC(C)(C)C)C3)c2C2CC2)c(Cl)c1. The highest BCUT2D eigenvalue weighted by atomic mass is 35.5. The summed E-state index contributed by atoms with van der Waals surface area (Å²) in [5.74, 6) is 0.880. The first-order chi connectivity index (χ1) is 16.5. The molecule has 1 aromatic carbocycles. The maximum Gasteiger partial charge on any atom is 0.303 e. The monoisotopic (exact) mass is 500 g/mol. The Labute approximate surface area is 212 Å². The molecule has 1 heterocycles. The van der Waals surface area contributed by atoms with Crippen molar-refractivity contribution < 1.29 is 19.2 Å². The average molecular weight is 501 g/mol. The van der Waals surface area contributed by atoms with Crippen LogP contribution in [-0.4, -0.2) is 22.1 Å². The van der Waals surface area contributed by atoms with Crippen LogP contribution in [0.2, 0.25) is 5.02 Å². The van der Waals surface area contributed by atoms with Gasteiger partial charge in [0.2, 0.25) is 5.91 Å². The van der Waals surface area contributed by atoms with Crippen molar-refractivity contribution in [3.05, 3.63) is 45.8 Å². The summed E-state index contributed by atoms with van der Waals surface area (Å²) in [6.45, 7) is 8.79. The van der Waals surface area contributed by atoms with Gasteiger partial charge in [0.1, 0.15) is 5.76 Å². The van der Waals surface area contributed by atoms with Crippen LogP contribution >= 0.6 is 11.6 Å². The second-order valence-corrected chi connectivity index (χ2v) is 12.2. The molecular formula is C28H37ClN2O4. The third kappa shape index (κ3) is 6.66. The van der Waals surface area contributed by atoms with Crippen molar-refractivity contribution in [1.29, 1.82) is 0 Å². The lowest BCUT2D eigenvalue weighted by Gasteiger charge is -2.38. The minimum Gasteiger partial charge on any atom is -0.481 e. The van der Waals surface area contributed by atoms with Crippen LogP contribution < -0.4 is 5.32 Å². The number of hydrogen-bond acceptors (Lipinski definition) is 4. The van der Waals surface area contributed by atoms with Gasteiger partial charge in [0.25, 0.3) is 0 Å². The Kier molecular flexibility index (Phi) is 7.60. The number of nitrogens with one attached hydrogen (secondary N) is 1. The van der Waals surface area contributed by atoms with Gasteiger partial charge in [0.15, 0.2) is 0 Å². The standard InChI is InChI=1S/C28H37ClN2O4/c1-16-5-9-22(21(29)11-16)30-27(34)19(8-10-24(32)33)14-23-25(18-6-7-18)26(35-31-23)20-12-17(13-20)15-28(2,3)4/h5,9,11,17-20H,6-8,10,12-15H2,1-4H3,(H,30,34)(H,32,33)/t17-,19-,20+/m0/s1. The summed E-state index contributed by atoms with van der Waals surface area (Å²) in [4.78, 5) is 24.5. The first-order valence-corrected chi connectivity index (χ1v) is 13.1. The molecule has 1 aromatic heterocycles. The predicted octanol–water partition coefficient (Wildman–Crippen LogP) is 7.11. The fourth-order valence-electron chi connectivity index (χ4n) is 5.39. The normalized spacial score (nSPS) is 20.8. The highest BCUT2D eigenvalue weighted by Gasteiger charge is 2.41. The highest BCUT2D eigenvalue weighted by Crippen LogP contribution is 2.52. The molecule has 7 heteroatoms. The zero-order valence-corrected chi connectivity index (χ0v) is 22.0. The zero-order chi connectivity index (χ0) is 25.3. The number of hydrogen-bond donors (Lipinski definition) is 2. The van der Waals surface area contributed by atoms with Crippen molar-refractivity contribution >= 4 is 29.2 Å². The number of rotatable bonds is 10. The van der Waals surface area contributed by atoms with Crippen LogP contribution in [-0.2, 0) is 16.0 Å². The van der Waals surface area contributed by atoms with E-state index in [4.69, 9.17) is 16.1 Å². The Hall–Kier alpha value is -2.34. The molecule has 4 rings (SSSR count). The van der Waals surface area contributed by atoms with Gasteiger partial charge in [-0.2, -0.15) is 0 Å². The first-order valence-electron chi connectivity index (χ1n) is 12.8. The minimum atomic E-state index is -0.918. The number of carbonyl (C=O) groups is 2. The summed E-state index contributed by atoms with van der Waals surface area (Å²) in [6.07, 6.45) is 6.21. The quantitative estimate of drug-likeness (QED) is 0.362. The number of carboxylic acid groups (broad SMARTS) is 1. The number of benzene rings is 1. The van der Waals surface area contributed by atoms with Gasteiger partial charge in [-0.25, -0.2) is 0 Å². The van der Waals surface area contributed by atoms with Gasteiger partial charge >= 0.3 is 5.97 Å². The molecule has 0 saturated heterocycles. The van der Waals surface area contributed by atoms with Gasteiger partial charge in [-0.3, -0.25) is 9.59 Å². The molecule has 0 bridgehead atoms. The Morgan fingerprint density at radius 2 is 1.94 bits per heavy atom. The molecule has 190 valence electrons. The van der Waals surface area contributed by atoms with Gasteiger partial charge in [0.05, 0.1) is 16.4 Å². The zero-order valence-electron chi connectivity index (χ0n) is 21.2. The van der Waals surface area contributed by atoms with Crippen molar-refractivity contribution in [3.63, 3.8) is 0 Å². The van der Waals surface area contributed by atoms with E-state index >= 15 is 0 Å². The van der Waals surface area contributed by atoms with E-state index in [1.54, 1.807) is 12.1 Å². The van der Waals surface area contributed by atoms with E-state index in [0.29, 0.717) is 40.3 Å². The number of halogens is 1.